The Morgan fingerprint density at radius 2 is 2.00 bits per heavy atom. The molecule has 1 aromatic carbocycles. The third-order valence-corrected chi connectivity index (χ3v) is 5.51. The van der Waals surface area contributed by atoms with Crippen LogP contribution in [0.2, 0.25) is 0 Å². The number of rotatable bonds is 11. The second-order valence-corrected chi connectivity index (χ2v) is 7.96. The summed E-state index contributed by atoms with van der Waals surface area (Å²) >= 11 is 0. The molecule has 0 spiro atoms. The second-order valence-electron chi connectivity index (χ2n) is 7.96. The van der Waals surface area contributed by atoms with Crippen molar-refractivity contribution in [2.24, 2.45) is 4.99 Å². The van der Waals surface area contributed by atoms with Gasteiger partial charge in [-0.25, -0.2) is 0 Å². The number of aliphatic imine (C=N–C) groups is 1. The van der Waals surface area contributed by atoms with Gasteiger partial charge in [0.1, 0.15) is 13.0 Å². The quantitative estimate of drug-likeness (QED) is 0.416. The maximum atomic E-state index is 12.5. The first-order chi connectivity index (χ1) is 15.5. The SMILES string of the molecule is COCOC(C)/N=C\C=C(/C)N1CCCN(c2ccc(C(=O)N(C)CCCO)cc2)CC1. The second kappa shape index (κ2) is 13.9. The van der Waals surface area contributed by atoms with E-state index in [2.05, 4.69) is 21.7 Å². The van der Waals surface area contributed by atoms with Gasteiger partial charge in [0.05, 0.1) is 0 Å². The summed E-state index contributed by atoms with van der Waals surface area (Å²) in [6.45, 7) is 8.68. The summed E-state index contributed by atoms with van der Waals surface area (Å²) in [5.41, 5.74) is 2.99. The molecule has 1 atom stereocenters. The van der Waals surface area contributed by atoms with Crippen molar-refractivity contribution in [2.75, 3.05) is 65.2 Å². The van der Waals surface area contributed by atoms with Crippen molar-refractivity contribution in [3.8, 4) is 0 Å². The van der Waals surface area contributed by atoms with Crippen LogP contribution in [0.1, 0.15) is 37.0 Å². The van der Waals surface area contributed by atoms with Crippen molar-refractivity contribution < 1.29 is 19.4 Å². The fourth-order valence-corrected chi connectivity index (χ4v) is 3.56. The van der Waals surface area contributed by atoms with E-state index >= 15 is 0 Å². The van der Waals surface area contributed by atoms with E-state index in [0.717, 1.165) is 38.3 Å². The number of benzene rings is 1. The van der Waals surface area contributed by atoms with Crippen LogP contribution in [-0.2, 0) is 9.47 Å². The van der Waals surface area contributed by atoms with Gasteiger partial charge in [0.2, 0.25) is 0 Å². The lowest BCUT2D eigenvalue weighted by Crippen LogP contribution is -2.30. The number of methoxy groups -OCH3 is 1. The predicted molar refractivity (Wildman–Crippen MR) is 128 cm³/mol. The summed E-state index contributed by atoms with van der Waals surface area (Å²) < 4.78 is 10.2. The zero-order valence-electron chi connectivity index (χ0n) is 19.9. The van der Waals surface area contributed by atoms with E-state index in [0.29, 0.717) is 18.5 Å². The molecule has 1 aromatic rings. The highest BCUT2D eigenvalue weighted by atomic mass is 16.7. The number of ether oxygens (including phenoxy) is 2. The van der Waals surface area contributed by atoms with Gasteiger partial charge in [-0.3, -0.25) is 9.79 Å². The summed E-state index contributed by atoms with van der Waals surface area (Å²) in [6.07, 6.45) is 5.23. The van der Waals surface area contributed by atoms with Crippen LogP contribution in [0, 0.1) is 0 Å². The van der Waals surface area contributed by atoms with Crippen LogP contribution in [0.3, 0.4) is 0 Å². The molecule has 1 fully saturated rings. The van der Waals surface area contributed by atoms with Crippen molar-refractivity contribution in [1.29, 1.82) is 0 Å². The number of hydrogen-bond donors (Lipinski definition) is 1. The minimum absolute atomic E-state index is 0.0172. The van der Waals surface area contributed by atoms with Crippen LogP contribution >= 0.6 is 0 Å². The number of allylic oxidation sites excluding steroid dienone is 2. The Morgan fingerprint density at radius 3 is 2.69 bits per heavy atom. The van der Waals surface area contributed by atoms with Crippen LogP contribution in [0.5, 0.6) is 0 Å². The lowest BCUT2D eigenvalue weighted by atomic mass is 10.1. The van der Waals surface area contributed by atoms with Gasteiger partial charge in [-0.2, -0.15) is 0 Å². The molecule has 8 heteroatoms. The minimum Gasteiger partial charge on any atom is -0.396 e. The van der Waals surface area contributed by atoms with Gasteiger partial charge in [0.25, 0.3) is 5.91 Å². The standard InChI is InChI=1S/C24H38N4O4/c1-20(11-12-25-21(2)32-19-31-4)27-14-5-15-28(17-16-27)23-9-7-22(8-10-23)24(30)26(3)13-6-18-29/h7-12,21,29H,5-6,13-19H2,1-4H3/b20-11+,25-12-. The Bertz CT molecular complexity index is 751. The van der Waals surface area contributed by atoms with Crippen molar-refractivity contribution in [3.05, 3.63) is 41.6 Å². The summed E-state index contributed by atoms with van der Waals surface area (Å²) in [7, 11) is 3.36. The predicted octanol–water partition coefficient (Wildman–Crippen LogP) is 2.59. The molecule has 0 aliphatic carbocycles. The fourth-order valence-electron chi connectivity index (χ4n) is 3.56. The van der Waals surface area contributed by atoms with Crippen LogP contribution in [0.4, 0.5) is 5.69 Å². The van der Waals surface area contributed by atoms with Crippen molar-refractivity contribution in [1.82, 2.24) is 9.80 Å². The average molecular weight is 447 g/mol. The lowest BCUT2D eigenvalue weighted by molar-refractivity contribution is -0.0616. The van der Waals surface area contributed by atoms with Crippen LogP contribution in [-0.4, -0.2) is 93.5 Å². The molecule has 178 valence electrons. The molecule has 0 saturated carbocycles. The topological polar surface area (TPSA) is 77.8 Å². The Hall–Kier alpha value is -2.42. The first-order valence-corrected chi connectivity index (χ1v) is 11.2. The van der Waals surface area contributed by atoms with E-state index in [9.17, 15) is 4.79 Å². The molecule has 2 rings (SSSR count). The monoisotopic (exact) mass is 446 g/mol. The smallest absolute Gasteiger partial charge is 0.253 e. The van der Waals surface area contributed by atoms with Gasteiger partial charge in [-0.05, 0) is 57.0 Å². The third kappa shape index (κ3) is 8.26. The number of amides is 1. The summed E-state index contributed by atoms with van der Waals surface area (Å²) in [4.78, 5) is 23.2. The first kappa shape index (κ1) is 25.8. The van der Waals surface area contributed by atoms with Gasteiger partial charge < -0.3 is 29.3 Å². The number of carbonyl (C=O) groups is 1. The zero-order valence-corrected chi connectivity index (χ0v) is 19.9. The molecule has 1 heterocycles. The summed E-state index contributed by atoms with van der Waals surface area (Å²) in [5.74, 6) is -0.0172. The molecule has 1 amide bonds. The summed E-state index contributed by atoms with van der Waals surface area (Å²) in [5, 5.41) is 8.95. The zero-order chi connectivity index (χ0) is 23.3. The van der Waals surface area contributed by atoms with E-state index in [1.165, 1.54) is 5.70 Å². The Morgan fingerprint density at radius 1 is 1.25 bits per heavy atom. The van der Waals surface area contributed by atoms with Crippen LogP contribution in [0.15, 0.2) is 41.0 Å². The highest BCUT2D eigenvalue weighted by Gasteiger charge is 2.16. The largest absolute Gasteiger partial charge is 0.396 e. The van der Waals surface area contributed by atoms with Gasteiger partial charge in [-0.1, -0.05) is 0 Å². The highest BCUT2D eigenvalue weighted by Crippen LogP contribution is 2.19. The molecule has 1 N–H and O–H groups in total. The average Bonchev–Trinajstić information content (AvgIpc) is 3.07. The maximum Gasteiger partial charge on any atom is 0.253 e. The van der Waals surface area contributed by atoms with E-state index in [4.69, 9.17) is 14.6 Å². The van der Waals surface area contributed by atoms with E-state index < -0.39 is 0 Å². The van der Waals surface area contributed by atoms with Gasteiger partial charge in [0.15, 0.2) is 0 Å². The number of carbonyl (C=O) groups excluding carboxylic acids is 1. The molecule has 1 saturated heterocycles. The van der Waals surface area contributed by atoms with Gasteiger partial charge >= 0.3 is 0 Å². The van der Waals surface area contributed by atoms with E-state index in [1.54, 1.807) is 25.3 Å². The van der Waals surface area contributed by atoms with Crippen LogP contribution in [0.25, 0.3) is 0 Å². The molecular weight excluding hydrogens is 408 g/mol. The molecule has 0 bridgehead atoms. The third-order valence-electron chi connectivity index (χ3n) is 5.51. The number of aliphatic hydroxyl groups is 1. The van der Waals surface area contributed by atoms with E-state index in [1.807, 2.05) is 37.3 Å². The fraction of sp³-hybridized carbons (Fsp3) is 0.583. The maximum absolute atomic E-state index is 12.5. The Labute approximate surface area is 192 Å². The molecule has 1 aliphatic heterocycles. The molecule has 32 heavy (non-hydrogen) atoms. The van der Waals surface area contributed by atoms with Crippen molar-refractivity contribution in [2.45, 2.75) is 32.9 Å². The molecular formula is C24H38N4O4. The Balaban J connectivity index is 1.90. The molecule has 1 unspecified atom stereocenters. The number of nitrogens with zero attached hydrogens (tertiary/aromatic N) is 4. The van der Waals surface area contributed by atoms with E-state index in [-0.39, 0.29) is 25.5 Å². The first-order valence-electron chi connectivity index (χ1n) is 11.2. The number of hydrogen-bond acceptors (Lipinski definition) is 7. The normalized spacial score (nSPS) is 16.3. The number of anilines is 1. The lowest BCUT2D eigenvalue weighted by Gasteiger charge is -2.25. The molecule has 0 radical (unpaired) electrons. The van der Waals surface area contributed by atoms with Crippen LogP contribution < -0.4 is 4.90 Å². The molecule has 1 aliphatic rings. The number of aliphatic hydroxyl groups excluding tert-OH is 1. The van der Waals surface area contributed by atoms with Crippen molar-refractivity contribution >= 4 is 17.8 Å². The molecule has 8 nitrogen and oxygen atoms in total. The summed E-state index contributed by atoms with van der Waals surface area (Å²) in [6, 6.07) is 7.84. The highest BCUT2D eigenvalue weighted by molar-refractivity contribution is 5.94. The van der Waals surface area contributed by atoms with Gasteiger partial charge in [0, 0.05) is 76.7 Å². The van der Waals surface area contributed by atoms with Crippen molar-refractivity contribution in [3.63, 3.8) is 0 Å². The Kier molecular flexibility index (Phi) is 11.2. The minimum atomic E-state index is -0.233. The van der Waals surface area contributed by atoms with Gasteiger partial charge in [-0.15, -0.1) is 0 Å². The molecule has 0 aromatic heterocycles.